The topological polar surface area (TPSA) is 96.9 Å². The zero-order chi connectivity index (χ0) is 22.2. The summed E-state index contributed by atoms with van der Waals surface area (Å²) in [5.41, 5.74) is 3.70. The molecule has 0 aromatic heterocycles. The number of carbonyl (C=O) groups excluding carboxylic acids is 3. The van der Waals surface area contributed by atoms with Crippen LogP contribution < -0.4 is 15.5 Å². The Morgan fingerprint density at radius 3 is 2.23 bits per heavy atom. The normalized spacial score (nSPS) is 10.5. The Bertz CT molecular complexity index is 1130. The van der Waals surface area contributed by atoms with Crippen molar-refractivity contribution < 1.29 is 19.1 Å². The summed E-state index contributed by atoms with van der Waals surface area (Å²) in [6.45, 7) is 0. The largest absolute Gasteiger partial charge is 0.423 e. The van der Waals surface area contributed by atoms with Gasteiger partial charge in [0.2, 0.25) is 0 Å². The van der Waals surface area contributed by atoms with Crippen LogP contribution in [-0.4, -0.2) is 24.0 Å². The fourth-order valence-corrected chi connectivity index (χ4v) is 3.00. The molecule has 0 heterocycles. The van der Waals surface area contributed by atoms with Gasteiger partial charge in [-0.1, -0.05) is 37.9 Å². The molecule has 156 valence electrons. The van der Waals surface area contributed by atoms with E-state index in [0.29, 0.717) is 22.6 Å². The monoisotopic (exact) mass is 543 g/mol. The highest BCUT2D eigenvalue weighted by molar-refractivity contribution is 9.10. The summed E-state index contributed by atoms with van der Waals surface area (Å²) in [7, 11) is 0. The second-order valence-electron chi connectivity index (χ2n) is 6.13. The van der Waals surface area contributed by atoms with Crippen molar-refractivity contribution in [2.45, 2.75) is 0 Å². The molecule has 0 fully saturated rings. The lowest BCUT2D eigenvalue weighted by Gasteiger charge is -2.05. The first-order valence-electron chi connectivity index (χ1n) is 8.88. The summed E-state index contributed by atoms with van der Waals surface area (Å²) in [5.74, 6) is -1.86. The molecule has 2 amide bonds. The number of hydrazone groups is 1. The number of hydrogen-bond acceptors (Lipinski definition) is 5. The van der Waals surface area contributed by atoms with Crippen LogP contribution in [0.25, 0.3) is 0 Å². The molecular weight excluding hydrogens is 530 g/mol. The average molecular weight is 545 g/mol. The summed E-state index contributed by atoms with van der Waals surface area (Å²) < 4.78 is 6.95. The predicted molar refractivity (Wildman–Crippen MR) is 124 cm³/mol. The number of nitrogens with one attached hydrogen (secondary N) is 2. The number of benzene rings is 3. The van der Waals surface area contributed by atoms with E-state index >= 15 is 0 Å². The molecule has 0 saturated carbocycles. The number of ether oxygens (including phenoxy) is 1. The highest BCUT2D eigenvalue weighted by Crippen LogP contribution is 2.16. The molecule has 0 unspecified atom stereocenters. The molecule has 0 radical (unpaired) electrons. The molecular formula is C22H15Br2N3O4. The van der Waals surface area contributed by atoms with Crippen molar-refractivity contribution >= 4 is 61.5 Å². The van der Waals surface area contributed by atoms with Gasteiger partial charge in [-0.15, -0.1) is 0 Å². The average Bonchev–Trinajstić information content (AvgIpc) is 2.76. The lowest BCUT2D eigenvalue weighted by atomic mass is 10.2. The highest BCUT2D eigenvalue weighted by Gasteiger charge is 2.12. The van der Waals surface area contributed by atoms with Crippen molar-refractivity contribution in [2.75, 3.05) is 5.32 Å². The van der Waals surface area contributed by atoms with Crippen LogP contribution in [0.15, 0.2) is 86.8 Å². The second-order valence-corrected chi connectivity index (χ2v) is 7.96. The number of halogens is 2. The molecule has 0 bridgehead atoms. The fourth-order valence-electron chi connectivity index (χ4n) is 2.34. The quantitative estimate of drug-likeness (QED) is 0.162. The molecule has 0 aliphatic carbocycles. The maximum absolute atomic E-state index is 12.2. The predicted octanol–water partition coefficient (Wildman–Crippen LogP) is 4.52. The third-order valence-corrected chi connectivity index (χ3v) is 4.86. The van der Waals surface area contributed by atoms with Gasteiger partial charge in [0, 0.05) is 14.6 Å². The molecule has 2 N–H and O–H groups in total. The van der Waals surface area contributed by atoms with Gasteiger partial charge in [-0.25, -0.2) is 10.2 Å². The van der Waals surface area contributed by atoms with Gasteiger partial charge in [-0.3, -0.25) is 9.59 Å². The Morgan fingerprint density at radius 1 is 0.839 bits per heavy atom. The maximum Gasteiger partial charge on any atom is 0.343 e. The molecule has 3 aromatic rings. The first kappa shape index (κ1) is 22.4. The van der Waals surface area contributed by atoms with E-state index in [1.807, 2.05) is 6.07 Å². The minimum absolute atomic E-state index is 0.361. The van der Waals surface area contributed by atoms with Crippen LogP contribution in [0.4, 0.5) is 5.69 Å². The molecule has 31 heavy (non-hydrogen) atoms. The standard InChI is InChI=1S/C22H15Br2N3O4/c23-16-6-8-18(9-7-16)26-20(28)21(29)27-25-13-14-4-10-19(11-5-14)31-22(30)15-2-1-3-17(24)12-15/h1-13H,(H,26,28)(H,27,29)/b25-13+. The fraction of sp³-hybridized carbons (Fsp3) is 0. The van der Waals surface area contributed by atoms with Crippen molar-refractivity contribution in [1.82, 2.24) is 5.43 Å². The van der Waals surface area contributed by atoms with E-state index in [-0.39, 0.29) is 0 Å². The molecule has 7 nitrogen and oxygen atoms in total. The van der Waals surface area contributed by atoms with E-state index in [4.69, 9.17) is 4.74 Å². The first-order valence-corrected chi connectivity index (χ1v) is 10.5. The summed E-state index contributed by atoms with van der Waals surface area (Å²) in [6, 6.07) is 20.2. The van der Waals surface area contributed by atoms with Gasteiger partial charge in [-0.05, 0) is 72.3 Å². The SMILES string of the molecule is O=C(N/N=C/c1ccc(OC(=O)c2cccc(Br)c2)cc1)C(=O)Nc1ccc(Br)cc1. The van der Waals surface area contributed by atoms with Gasteiger partial charge >= 0.3 is 17.8 Å². The molecule has 0 spiro atoms. The Labute approximate surface area is 194 Å². The number of carbonyl (C=O) groups is 3. The lowest BCUT2D eigenvalue weighted by molar-refractivity contribution is -0.136. The van der Waals surface area contributed by atoms with Crippen molar-refractivity contribution in [3.63, 3.8) is 0 Å². The van der Waals surface area contributed by atoms with Crippen LogP contribution in [0.3, 0.4) is 0 Å². The van der Waals surface area contributed by atoms with E-state index in [9.17, 15) is 14.4 Å². The highest BCUT2D eigenvalue weighted by atomic mass is 79.9. The Balaban J connectivity index is 1.50. The van der Waals surface area contributed by atoms with Crippen LogP contribution in [0.2, 0.25) is 0 Å². The molecule has 3 rings (SSSR count). The van der Waals surface area contributed by atoms with E-state index in [1.54, 1.807) is 66.7 Å². The second kappa shape index (κ2) is 10.6. The Kier molecular flexibility index (Phi) is 7.69. The molecule has 9 heteroatoms. The van der Waals surface area contributed by atoms with Crippen LogP contribution in [0, 0.1) is 0 Å². The van der Waals surface area contributed by atoms with Gasteiger partial charge in [0.15, 0.2) is 0 Å². The maximum atomic E-state index is 12.2. The van der Waals surface area contributed by atoms with Crippen LogP contribution in [-0.2, 0) is 9.59 Å². The number of nitrogens with zero attached hydrogens (tertiary/aromatic N) is 1. The molecule has 0 atom stereocenters. The van der Waals surface area contributed by atoms with Crippen LogP contribution in [0.1, 0.15) is 15.9 Å². The van der Waals surface area contributed by atoms with E-state index in [0.717, 1.165) is 8.95 Å². The minimum atomic E-state index is -0.904. The smallest absolute Gasteiger partial charge is 0.343 e. The zero-order valence-electron chi connectivity index (χ0n) is 15.8. The van der Waals surface area contributed by atoms with E-state index < -0.39 is 17.8 Å². The number of rotatable bonds is 5. The van der Waals surface area contributed by atoms with Crippen molar-refractivity contribution in [2.24, 2.45) is 5.10 Å². The minimum Gasteiger partial charge on any atom is -0.423 e. The number of amides is 2. The van der Waals surface area contributed by atoms with Crippen molar-refractivity contribution in [1.29, 1.82) is 0 Å². The summed E-state index contributed by atoms with van der Waals surface area (Å²) in [6.07, 6.45) is 1.37. The number of hydrogen-bond donors (Lipinski definition) is 2. The number of anilines is 1. The molecule has 0 aliphatic heterocycles. The van der Waals surface area contributed by atoms with Gasteiger partial charge < -0.3 is 10.1 Å². The first-order chi connectivity index (χ1) is 14.9. The van der Waals surface area contributed by atoms with Gasteiger partial charge in [-0.2, -0.15) is 5.10 Å². The van der Waals surface area contributed by atoms with Gasteiger partial charge in [0.05, 0.1) is 11.8 Å². The number of esters is 1. The Hall–Kier alpha value is -3.30. The summed E-state index contributed by atoms with van der Waals surface area (Å²) in [4.78, 5) is 35.8. The lowest BCUT2D eigenvalue weighted by Crippen LogP contribution is -2.32. The zero-order valence-corrected chi connectivity index (χ0v) is 19.0. The van der Waals surface area contributed by atoms with Crippen molar-refractivity contribution in [3.8, 4) is 5.75 Å². The van der Waals surface area contributed by atoms with Gasteiger partial charge in [0.1, 0.15) is 5.75 Å². The van der Waals surface area contributed by atoms with Crippen LogP contribution in [0.5, 0.6) is 5.75 Å². The summed E-state index contributed by atoms with van der Waals surface area (Å²) >= 11 is 6.60. The Morgan fingerprint density at radius 2 is 1.55 bits per heavy atom. The third-order valence-electron chi connectivity index (χ3n) is 3.84. The molecule has 0 saturated heterocycles. The molecule has 0 aliphatic rings. The van der Waals surface area contributed by atoms with Crippen molar-refractivity contribution in [3.05, 3.63) is 92.9 Å². The van der Waals surface area contributed by atoms with Crippen LogP contribution >= 0.6 is 31.9 Å². The van der Waals surface area contributed by atoms with E-state index in [1.165, 1.54) is 6.21 Å². The van der Waals surface area contributed by atoms with Gasteiger partial charge in [0.25, 0.3) is 0 Å². The van der Waals surface area contributed by atoms with E-state index in [2.05, 4.69) is 47.7 Å². The summed E-state index contributed by atoms with van der Waals surface area (Å²) in [5, 5.41) is 6.22. The molecule has 3 aromatic carbocycles. The third kappa shape index (κ3) is 6.87.